The summed E-state index contributed by atoms with van der Waals surface area (Å²) in [6, 6.07) is -0.121. The molecular weight excluding hydrogens is 310 g/mol. The molecule has 0 aromatic rings. The summed E-state index contributed by atoms with van der Waals surface area (Å²) in [7, 11) is 0. The lowest BCUT2D eigenvalue weighted by Crippen LogP contribution is -2.50. The molecule has 7 heteroatoms. The van der Waals surface area contributed by atoms with E-state index in [1.807, 2.05) is 19.9 Å². The lowest BCUT2D eigenvalue weighted by molar-refractivity contribution is -0.125. The molecule has 0 spiro atoms. The molecule has 0 aromatic heterocycles. The van der Waals surface area contributed by atoms with Crippen molar-refractivity contribution in [1.29, 1.82) is 0 Å². The van der Waals surface area contributed by atoms with Gasteiger partial charge in [0.1, 0.15) is 0 Å². The van der Waals surface area contributed by atoms with Gasteiger partial charge in [-0.3, -0.25) is 9.59 Å². The fraction of sp³-hybridized carbons (Fsp3) is 0.706. The standard InChI is InChI=1S/C17H27N3O4/c1-12(2)7-10-24-15-8-9-23-11-14(15)18-16(21)5-3-13-4-6-17(22)20-19-13/h7,14-15H,3-6,8-11H2,1-2H3,(H,18,21)(H,20,22)/t14-,15+/m1/s1. The Morgan fingerprint density at radius 1 is 1.46 bits per heavy atom. The molecule has 7 nitrogen and oxygen atoms in total. The molecule has 0 bridgehead atoms. The third-order valence-corrected chi connectivity index (χ3v) is 4.06. The average Bonchev–Trinajstić information content (AvgIpc) is 2.55. The highest BCUT2D eigenvalue weighted by molar-refractivity contribution is 5.94. The molecule has 2 heterocycles. The second-order valence-electron chi connectivity index (χ2n) is 6.40. The number of hydrazone groups is 1. The Bertz CT molecular complexity index is 512. The van der Waals surface area contributed by atoms with Crippen LogP contribution in [0.2, 0.25) is 0 Å². The smallest absolute Gasteiger partial charge is 0.240 e. The van der Waals surface area contributed by atoms with E-state index in [0.717, 1.165) is 12.1 Å². The summed E-state index contributed by atoms with van der Waals surface area (Å²) in [5.41, 5.74) is 4.52. The fourth-order valence-electron chi connectivity index (χ4n) is 2.62. The van der Waals surface area contributed by atoms with Gasteiger partial charge in [0, 0.05) is 25.2 Å². The number of carbonyl (C=O) groups excluding carboxylic acids is 2. The highest BCUT2D eigenvalue weighted by Gasteiger charge is 2.27. The molecule has 0 saturated carbocycles. The van der Waals surface area contributed by atoms with Crippen LogP contribution in [0, 0.1) is 0 Å². The number of carbonyl (C=O) groups is 2. The number of hydrogen-bond donors (Lipinski definition) is 2. The minimum absolute atomic E-state index is 0.0235. The molecule has 0 unspecified atom stereocenters. The number of amides is 2. The summed E-state index contributed by atoms with van der Waals surface area (Å²) in [5.74, 6) is -0.111. The highest BCUT2D eigenvalue weighted by Crippen LogP contribution is 2.13. The molecule has 0 aliphatic carbocycles. The predicted molar refractivity (Wildman–Crippen MR) is 90.6 cm³/mol. The van der Waals surface area contributed by atoms with Gasteiger partial charge in [-0.05, 0) is 33.1 Å². The van der Waals surface area contributed by atoms with E-state index < -0.39 is 0 Å². The van der Waals surface area contributed by atoms with E-state index in [1.54, 1.807) is 0 Å². The van der Waals surface area contributed by atoms with Gasteiger partial charge < -0.3 is 14.8 Å². The molecule has 2 amide bonds. The van der Waals surface area contributed by atoms with Crippen LogP contribution in [0.1, 0.15) is 46.0 Å². The summed E-state index contributed by atoms with van der Waals surface area (Å²) >= 11 is 0. The van der Waals surface area contributed by atoms with Crippen molar-refractivity contribution in [2.45, 2.75) is 58.1 Å². The van der Waals surface area contributed by atoms with Crippen LogP contribution in [0.3, 0.4) is 0 Å². The SMILES string of the molecule is CC(C)=CCO[C@H]1CCOC[C@H]1NC(=O)CCC1=NNC(=O)CC1. The lowest BCUT2D eigenvalue weighted by atomic mass is 10.0. The van der Waals surface area contributed by atoms with Crippen LogP contribution in [-0.4, -0.2) is 49.5 Å². The molecule has 2 rings (SSSR count). The van der Waals surface area contributed by atoms with E-state index >= 15 is 0 Å². The molecule has 24 heavy (non-hydrogen) atoms. The Morgan fingerprint density at radius 3 is 3.00 bits per heavy atom. The summed E-state index contributed by atoms with van der Waals surface area (Å²) in [6.45, 7) is 5.74. The second kappa shape index (κ2) is 9.54. The Kier molecular flexibility index (Phi) is 7.39. The zero-order chi connectivity index (χ0) is 17.4. The lowest BCUT2D eigenvalue weighted by Gasteiger charge is -2.32. The summed E-state index contributed by atoms with van der Waals surface area (Å²) in [6.07, 6.45) is 4.76. The van der Waals surface area contributed by atoms with Gasteiger partial charge in [-0.2, -0.15) is 5.10 Å². The first-order valence-electron chi connectivity index (χ1n) is 8.51. The predicted octanol–water partition coefficient (Wildman–Crippen LogP) is 1.29. The van der Waals surface area contributed by atoms with Crippen LogP contribution < -0.4 is 10.7 Å². The Labute approximate surface area is 142 Å². The maximum Gasteiger partial charge on any atom is 0.240 e. The zero-order valence-corrected chi connectivity index (χ0v) is 14.5. The molecule has 1 fully saturated rings. The first-order valence-corrected chi connectivity index (χ1v) is 8.51. The second-order valence-corrected chi connectivity index (χ2v) is 6.40. The Hall–Kier alpha value is -1.73. The number of nitrogens with zero attached hydrogens (tertiary/aromatic N) is 1. The van der Waals surface area contributed by atoms with E-state index in [-0.39, 0.29) is 24.0 Å². The van der Waals surface area contributed by atoms with Gasteiger partial charge >= 0.3 is 0 Å². The Morgan fingerprint density at radius 2 is 2.29 bits per heavy atom. The maximum atomic E-state index is 12.2. The first kappa shape index (κ1) is 18.6. The van der Waals surface area contributed by atoms with Gasteiger partial charge in [0.05, 0.1) is 25.4 Å². The molecule has 1 saturated heterocycles. The fourth-order valence-corrected chi connectivity index (χ4v) is 2.62. The van der Waals surface area contributed by atoms with Crippen molar-refractivity contribution in [3.63, 3.8) is 0 Å². The molecule has 2 aliphatic heterocycles. The first-order chi connectivity index (χ1) is 11.5. The monoisotopic (exact) mass is 337 g/mol. The van der Waals surface area contributed by atoms with Crippen molar-refractivity contribution in [2.24, 2.45) is 5.10 Å². The third kappa shape index (κ3) is 6.41. The van der Waals surface area contributed by atoms with Gasteiger partial charge in [0.15, 0.2) is 0 Å². The number of hydrogen-bond acceptors (Lipinski definition) is 5. The maximum absolute atomic E-state index is 12.2. The van der Waals surface area contributed by atoms with Gasteiger partial charge in [0.25, 0.3) is 0 Å². The minimum atomic E-state index is -0.121. The van der Waals surface area contributed by atoms with Crippen LogP contribution in [-0.2, 0) is 19.1 Å². The van der Waals surface area contributed by atoms with Crippen molar-refractivity contribution >= 4 is 17.5 Å². The molecule has 2 aliphatic rings. The van der Waals surface area contributed by atoms with Crippen LogP contribution in [0.15, 0.2) is 16.8 Å². The van der Waals surface area contributed by atoms with Gasteiger partial charge in [-0.15, -0.1) is 0 Å². The molecule has 2 atom stereocenters. The van der Waals surface area contributed by atoms with E-state index in [2.05, 4.69) is 15.8 Å². The summed E-state index contributed by atoms with van der Waals surface area (Å²) in [4.78, 5) is 23.2. The van der Waals surface area contributed by atoms with Crippen LogP contribution in [0.25, 0.3) is 0 Å². The van der Waals surface area contributed by atoms with Gasteiger partial charge in [-0.25, -0.2) is 5.43 Å². The molecule has 2 N–H and O–H groups in total. The number of rotatable bonds is 7. The number of ether oxygens (including phenoxy) is 2. The van der Waals surface area contributed by atoms with Crippen LogP contribution in [0.5, 0.6) is 0 Å². The van der Waals surface area contributed by atoms with E-state index in [1.165, 1.54) is 5.57 Å². The highest BCUT2D eigenvalue weighted by atomic mass is 16.5. The third-order valence-electron chi connectivity index (χ3n) is 4.06. The van der Waals surface area contributed by atoms with Crippen molar-refractivity contribution in [1.82, 2.24) is 10.7 Å². The topological polar surface area (TPSA) is 89.0 Å². The minimum Gasteiger partial charge on any atom is -0.379 e. The summed E-state index contributed by atoms with van der Waals surface area (Å²) in [5, 5.41) is 6.99. The van der Waals surface area contributed by atoms with Gasteiger partial charge in [-0.1, -0.05) is 11.6 Å². The normalized spacial score (nSPS) is 23.9. The van der Waals surface area contributed by atoms with Gasteiger partial charge in [0.2, 0.25) is 11.8 Å². The van der Waals surface area contributed by atoms with E-state index in [9.17, 15) is 9.59 Å². The number of allylic oxidation sites excluding steroid dienone is 1. The van der Waals surface area contributed by atoms with E-state index in [4.69, 9.17) is 9.47 Å². The van der Waals surface area contributed by atoms with Crippen molar-refractivity contribution in [3.05, 3.63) is 11.6 Å². The van der Waals surface area contributed by atoms with Crippen molar-refractivity contribution < 1.29 is 19.1 Å². The zero-order valence-electron chi connectivity index (χ0n) is 14.5. The Balaban J connectivity index is 1.75. The quantitative estimate of drug-likeness (QED) is 0.685. The summed E-state index contributed by atoms with van der Waals surface area (Å²) < 4.78 is 11.3. The van der Waals surface area contributed by atoms with Crippen LogP contribution in [0.4, 0.5) is 0 Å². The molecule has 0 radical (unpaired) electrons. The van der Waals surface area contributed by atoms with Crippen molar-refractivity contribution in [3.8, 4) is 0 Å². The van der Waals surface area contributed by atoms with E-state index in [0.29, 0.717) is 45.5 Å². The van der Waals surface area contributed by atoms with Crippen LogP contribution >= 0.6 is 0 Å². The molecular formula is C17H27N3O4. The molecule has 134 valence electrons. The number of nitrogens with one attached hydrogen (secondary N) is 2. The largest absolute Gasteiger partial charge is 0.379 e. The molecule has 0 aromatic carbocycles. The van der Waals surface area contributed by atoms with Crippen molar-refractivity contribution in [2.75, 3.05) is 19.8 Å². The average molecular weight is 337 g/mol.